The summed E-state index contributed by atoms with van der Waals surface area (Å²) in [6.07, 6.45) is 0.802. The van der Waals surface area contributed by atoms with Crippen LogP contribution in [0.25, 0.3) is 10.9 Å². The van der Waals surface area contributed by atoms with Crippen LogP contribution >= 0.6 is 11.3 Å². The molecule has 180 valence electrons. The van der Waals surface area contributed by atoms with Gasteiger partial charge in [0.15, 0.2) is 10.8 Å². The molecule has 3 aromatic rings. The van der Waals surface area contributed by atoms with Crippen LogP contribution in [0.1, 0.15) is 32.9 Å². The summed E-state index contributed by atoms with van der Waals surface area (Å²) in [6, 6.07) is 6.89. The quantitative estimate of drug-likeness (QED) is 0.178. The molecule has 11 nitrogen and oxygen atoms in total. The summed E-state index contributed by atoms with van der Waals surface area (Å²) in [5, 5.41) is 16.4. The maximum absolute atomic E-state index is 13.2. The molecular weight excluding hydrogens is 478 g/mol. The van der Waals surface area contributed by atoms with Crippen LogP contribution in [0, 0.1) is 0 Å². The fraction of sp³-hybridized carbons (Fsp3) is 0.381. The van der Waals surface area contributed by atoms with E-state index in [1.54, 1.807) is 29.2 Å². The number of hydrogen-bond acceptors (Lipinski definition) is 8. The lowest BCUT2D eigenvalue weighted by molar-refractivity contribution is 0.0697. The fourth-order valence-corrected chi connectivity index (χ4v) is 6.71. The van der Waals surface area contributed by atoms with E-state index in [2.05, 4.69) is 27.4 Å². The molecule has 1 amide bonds. The normalized spacial score (nSPS) is 20.0. The number of H-pyrrole nitrogens is 1. The van der Waals surface area contributed by atoms with E-state index in [1.165, 1.54) is 15.6 Å². The van der Waals surface area contributed by atoms with Crippen molar-refractivity contribution < 1.29 is 18.4 Å². The first kappa shape index (κ1) is 22.8. The van der Waals surface area contributed by atoms with Crippen LogP contribution in [-0.4, -0.2) is 76.8 Å². The minimum absolute atomic E-state index is 0.0615. The van der Waals surface area contributed by atoms with Crippen LogP contribution in [0.15, 0.2) is 34.4 Å². The van der Waals surface area contributed by atoms with Gasteiger partial charge in [0.1, 0.15) is 5.03 Å². The molecule has 1 aromatic carbocycles. The van der Waals surface area contributed by atoms with Crippen molar-refractivity contribution >= 4 is 44.0 Å². The summed E-state index contributed by atoms with van der Waals surface area (Å²) >= 11 is 1.41. The van der Waals surface area contributed by atoms with Gasteiger partial charge in [0, 0.05) is 66.5 Å². The van der Waals surface area contributed by atoms with Crippen LogP contribution in [0.5, 0.6) is 0 Å². The van der Waals surface area contributed by atoms with E-state index in [4.69, 9.17) is 10.9 Å². The number of thiazole rings is 1. The second kappa shape index (κ2) is 8.65. The van der Waals surface area contributed by atoms with Gasteiger partial charge in [0.05, 0.1) is 5.69 Å². The van der Waals surface area contributed by atoms with Crippen LogP contribution in [0.3, 0.4) is 0 Å². The van der Waals surface area contributed by atoms with Crippen molar-refractivity contribution in [3.63, 3.8) is 0 Å². The van der Waals surface area contributed by atoms with E-state index < -0.39 is 10.0 Å². The van der Waals surface area contributed by atoms with Crippen LogP contribution in [-0.2, 0) is 23.0 Å². The third-order valence-electron chi connectivity index (χ3n) is 6.22. The van der Waals surface area contributed by atoms with Gasteiger partial charge in [0.2, 0.25) is 0 Å². The molecule has 0 spiro atoms. The number of nitrogens with one attached hydrogen (secondary N) is 2. The van der Waals surface area contributed by atoms with Gasteiger partial charge in [-0.2, -0.15) is 4.31 Å². The number of benzene rings is 1. The minimum Gasteiger partial charge on any atom is -0.409 e. The third kappa shape index (κ3) is 4.04. The van der Waals surface area contributed by atoms with Crippen LogP contribution < -0.4 is 11.1 Å². The zero-order chi connectivity index (χ0) is 24.0. The van der Waals surface area contributed by atoms with Crippen molar-refractivity contribution in [3.05, 3.63) is 45.4 Å². The number of sulfonamides is 1. The number of carbonyl (C=O) groups is 1. The van der Waals surface area contributed by atoms with Gasteiger partial charge in [0.25, 0.3) is 15.9 Å². The Hall–Kier alpha value is -3.00. The molecule has 1 saturated heterocycles. The Kier molecular flexibility index (Phi) is 5.80. The Morgan fingerprint density at radius 3 is 2.76 bits per heavy atom. The van der Waals surface area contributed by atoms with Crippen molar-refractivity contribution in [2.45, 2.75) is 31.0 Å². The van der Waals surface area contributed by atoms with E-state index in [1.807, 2.05) is 0 Å². The maximum Gasteiger partial charge on any atom is 0.282 e. The van der Waals surface area contributed by atoms with E-state index in [-0.39, 0.29) is 29.9 Å². The number of nitrogens with zero attached hydrogens (tertiary/aromatic N) is 4. The van der Waals surface area contributed by atoms with Crippen LogP contribution in [0.2, 0.25) is 0 Å². The van der Waals surface area contributed by atoms with E-state index in [0.717, 1.165) is 23.5 Å². The average Bonchev–Trinajstić information content (AvgIpc) is 3.47. The molecule has 1 unspecified atom stereocenters. The number of aromatic amines is 1. The molecule has 5 N–H and O–H groups in total. The van der Waals surface area contributed by atoms with Gasteiger partial charge in [-0.1, -0.05) is 17.3 Å². The summed E-state index contributed by atoms with van der Waals surface area (Å²) < 4.78 is 27.8. The zero-order valence-corrected chi connectivity index (χ0v) is 20.1. The van der Waals surface area contributed by atoms with Gasteiger partial charge in [-0.3, -0.25) is 4.79 Å². The summed E-state index contributed by atoms with van der Waals surface area (Å²) in [4.78, 5) is 23.2. The summed E-state index contributed by atoms with van der Waals surface area (Å²) in [5.74, 6) is -0.209. The molecule has 4 heterocycles. The Morgan fingerprint density at radius 2 is 2.03 bits per heavy atom. The van der Waals surface area contributed by atoms with Gasteiger partial charge >= 0.3 is 0 Å². The van der Waals surface area contributed by atoms with Crippen molar-refractivity contribution in [2.75, 3.05) is 26.2 Å². The number of rotatable bonds is 4. The van der Waals surface area contributed by atoms with E-state index in [0.29, 0.717) is 40.6 Å². The Labute approximate surface area is 200 Å². The number of piperazine rings is 1. The first-order valence-electron chi connectivity index (χ1n) is 10.9. The number of fused-ring (bicyclic) bond motifs is 2. The van der Waals surface area contributed by atoms with Crippen LogP contribution in [0.4, 0.5) is 0 Å². The predicted octanol–water partition coefficient (Wildman–Crippen LogP) is 0.900. The number of amidine groups is 1. The number of amides is 1. The molecular formula is C21H25N7O4S2. The number of carbonyl (C=O) groups excluding carboxylic acids is 1. The van der Waals surface area contributed by atoms with Crippen molar-refractivity contribution in [2.24, 2.45) is 10.9 Å². The number of hydrogen-bond donors (Lipinski definition) is 4. The number of oxime groups is 1. The molecule has 0 saturated carbocycles. The molecule has 0 radical (unpaired) electrons. The molecule has 2 aromatic heterocycles. The molecule has 13 heteroatoms. The highest BCUT2D eigenvalue weighted by atomic mass is 32.2. The highest BCUT2D eigenvalue weighted by Crippen LogP contribution is 2.26. The number of aromatic nitrogens is 2. The van der Waals surface area contributed by atoms with Gasteiger partial charge in [-0.25, -0.2) is 13.4 Å². The molecule has 2 aliphatic rings. The van der Waals surface area contributed by atoms with Gasteiger partial charge in [-0.05, 0) is 19.1 Å². The number of nitrogens with two attached hydrogens (primary N) is 1. The minimum atomic E-state index is -3.78. The first-order chi connectivity index (χ1) is 16.3. The smallest absolute Gasteiger partial charge is 0.282 e. The molecule has 1 fully saturated rings. The molecule has 5 rings (SSSR count). The van der Waals surface area contributed by atoms with Crippen molar-refractivity contribution in [3.8, 4) is 0 Å². The lowest BCUT2D eigenvalue weighted by Crippen LogP contribution is -2.50. The lowest BCUT2D eigenvalue weighted by Gasteiger charge is -2.33. The monoisotopic (exact) mass is 503 g/mol. The Bertz CT molecular complexity index is 1390. The van der Waals surface area contributed by atoms with Gasteiger partial charge < -0.3 is 26.1 Å². The molecule has 0 bridgehead atoms. The maximum atomic E-state index is 13.2. The third-order valence-corrected chi connectivity index (χ3v) is 9.12. The standard InChI is InChI=1S/C21H25N7O4S2/c1-12-8-16-17(11-23-12)33-20(25-16)21(29)27-4-6-28(7-5-27)34(31,32)18-10-13-2-3-14(19(22)26-30)9-15(13)24-18/h2-3,9-10,12,23-24,30H,4-8,11H2,1H3,(H2,22,26). The summed E-state index contributed by atoms with van der Waals surface area (Å²) in [6.45, 7) is 3.80. The highest BCUT2D eigenvalue weighted by molar-refractivity contribution is 7.89. The van der Waals surface area contributed by atoms with Gasteiger partial charge in [-0.15, -0.1) is 11.3 Å². The highest BCUT2D eigenvalue weighted by Gasteiger charge is 2.33. The zero-order valence-electron chi connectivity index (χ0n) is 18.5. The second-order valence-corrected chi connectivity index (χ2v) is 11.5. The Balaban J connectivity index is 1.29. The first-order valence-corrected chi connectivity index (χ1v) is 13.1. The summed E-state index contributed by atoms with van der Waals surface area (Å²) in [5.41, 5.74) is 7.65. The topological polar surface area (TPSA) is 157 Å². The van der Waals surface area contributed by atoms with E-state index in [9.17, 15) is 13.2 Å². The molecule has 34 heavy (non-hydrogen) atoms. The summed E-state index contributed by atoms with van der Waals surface area (Å²) in [7, 11) is -3.78. The SMILES string of the molecule is CC1Cc2nc(C(=O)N3CCN(S(=O)(=O)c4cc5ccc(/C(N)=N\O)cc5[nH]4)CC3)sc2CN1. The predicted molar refractivity (Wildman–Crippen MR) is 128 cm³/mol. The second-order valence-electron chi connectivity index (χ2n) is 8.49. The average molecular weight is 504 g/mol. The Morgan fingerprint density at radius 1 is 1.26 bits per heavy atom. The van der Waals surface area contributed by atoms with Crippen molar-refractivity contribution in [1.82, 2.24) is 24.5 Å². The van der Waals surface area contributed by atoms with E-state index >= 15 is 0 Å². The van der Waals surface area contributed by atoms with Crippen molar-refractivity contribution in [1.29, 1.82) is 0 Å². The molecule has 2 aliphatic heterocycles. The fourth-order valence-electron chi connectivity index (χ4n) is 4.26. The molecule has 0 aliphatic carbocycles. The molecule has 1 atom stereocenters. The lowest BCUT2D eigenvalue weighted by atomic mass is 10.1. The largest absolute Gasteiger partial charge is 0.409 e.